The van der Waals surface area contributed by atoms with Crippen molar-refractivity contribution in [2.75, 3.05) is 7.11 Å². The third kappa shape index (κ3) is 1.94. The van der Waals surface area contributed by atoms with E-state index in [9.17, 15) is 4.79 Å². The van der Waals surface area contributed by atoms with Crippen molar-refractivity contribution in [1.82, 2.24) is 19.7 Å². The van der Waals surface area contributed by atoms with Gasteiger partial charge < -0.3 is 4.74 Å². The van der Waals surface area contributed by atoms with Crippen LogP contribution in [0.1, 0.15) is 23.2 Å². The lowest BCUT2D eigenvalue weighted by molar-refractivity contribution is 0.0587. The summed E-state index contributed by atoms with van der Waals surface area (Å²) in [5.74, 6) is -0.512. The molecule has 0 N–H and O–H groups in total. The average Bonchev–Trinajstić information content (AvgIpc) is 2.95. The Morgan fingerprint density at radius 3 is 3.06 bits per heavy atom. The maximum Gasteiger partial charge on any atom is 0.377 e. The van der Waals surface area contributed by atoms with E-state index in [-0.39, 0.29) is 5.82 Å². The van der Waals surface area contributed by atoms with Gasteiger partial charge in [0, 0.05) is 5.38 Å². The summed E-state index contributed by atoms with van der Waals surface area (Å²) in [6.45, 7) is 2.03. The molecule has 0 spiro atoms. The van der Waals surface area contributed by atoms with Crippen LogP contribution in [0.3, 0.4) is 0 Å². The van der Waals surface area contributed by atoms with Crippen LogP contribution in [0.15, 0.2) is 11.7 Å². The molecule has 16 heavy (non-hydrogen) atoms. The number of carbonyl (C=O) groups excluding carboxylic acids is 1. The Labute approximate surface area is 95.9 Å². The molecule has 0 saturated heterocycles. The number of aryl methyl sites for hydroxylation is 1. The lowest BCUT2D eigenvalue weighted by atomic mass is 10.4. The molecule has 0 radical (unpaired) electrons. The number of thiazole rings is 1. The van der Waals surface area contributed by atoms with Gasteiger partial charge in [-0.05, 0) is 6.42 Å². The monoisotopic (exact) mass is 238 g/mol. The molecule has 0 saturated carbocycles. The van der Waals surface area contributed by atoms with Gasteiger partial charge in [0.05, 0.1) is 12.8 Å². The Morgan fingerprint density at radius 2 is 2.44 bits per heavy atom. The largest absolute Gasteiger partial charge is 0.463 e. The van der Waals surface area contributed by atoms with Crippen molar-refractivity contribution < 1.29 is 9.53 Å². The zero-order chi connectivity index (χ0) is 11.5. The molecule has 0 aliphatic carbocycles. The molecule has 84 valence electrons. The van der Waals surface area contributed by atoms with E-state index >= 15 is 0 Å². The van der Waals surface area contributed by atoms with E-state index in [4.69, 9.17) is 0 Å². The Balaban J connectivity index is 2.27. The van der Waals surface area contributed by atoms with E-state index in [1.165, 1.54) is 29.5 Å². The van der Waals surface area contributed by atoms with Crippen LogP contribution in [0.2, 0.25) is 0 Å². The minimum absolute atomic E-state index is 0.0377. The average molecular weight is 238 g/mol. The van der Waals surface area contributed by atoms with Crippen molar-refractivity contribution >= 4 is 17.3 Å². The van der Waals surface area contributed by atoms with Gasteiger partial charge in [-0.1, -0.05) is 6.92 Å². The van der Waals surface area contributed by atoms with Crippen LogP contribution in [0.25, 0.3) is 5.13 Å². The predicted molar refractivity (Wildman–Crippen MR) is 57.7 cm³/mol. The van der Waals surface area contributed by atoms with E-state index in [0.717, 1.165) is 12.1 Å². The van der Waals surface area contributed by atoms with E-state index in [1.807, 2.05) is 12.3 Å². The zero-order valence-electron chi connectivity index (χ0n) is 8.88. The molecule has 2 heterocycles. The molecule has 0 amide bonds. The quantitative estimate of drug-likeness (QED) is 0.748. The molecular formula is C9H10N4O2S. The van der Waals surface area contributed by atoms with Gasteiger partial charge in [0.15, 0.2) is 0 Å². The van der Waals surface area contributed by atoms with Gasteiger partial charge in [-0.2, -0.15) is 4.68 Å². The number of hydrogen-bond donors (Lipinski definition) is 0. The molecule has 0 bridgehead atoms. The molecule has 0 aliphatic heterocycles. The Kier molecular flexibility index (Phi) is 2.95. The van der Waals surface area contributed by atoms with E-state index in [2.05, 4.69) is 19.8 Å². The fourth-order valence-electron chi connectivity index (χ4n) is 1.10. The normalized spacial score (nSPS) is 10.4. The lowest BCUT2D eigenvalue weighted by Crippen LogP contribution is -2.05. The number of rotatable bonds is 3. The molecule has 0 atom stereocenters. The second-order valence-electron chi connectivity index (χ2n) is 2.98. The van der Waals surface area contributed by atoms with Gasteiger partial charge in [-0.3, -0.25) is 0 Å². The lowest BCUT2D eigenvalue weighted by Gasteiger charge is -1.92. The Hall–Kier alpha value is -1.76. The zero-order valence-corrected chi connectivity index (χ0v) is 9.69. The van der Waals surface area contributed by atoms with Crippen LogP contribution >= 0.6 is 11.3 Å². The van der Waals surface area contributed by atoms with Gasteiger partial charge in [-0.25, -0.2) is 14.8 Å². The van der Waals surface area contributed by atoms with Crippen LogP contribution < -0.4 is 0 Å². The highest BCUT2D eigenvalue weighted by atomic mass is 32.1. The number of nitrogens with zero attached hydrogens (tertiary/aromatic N) is 4. The molecule has 2 rings (SSSR count). The van der Waals surface area contributed by atoms with Crippen molar-refractivity contribution in [2.45, 2.75) is 13.3 Å². The highest BCUT2D eigenvalue weighted by Gasteiger charge is 2.13. The summed E-state index contributed by atoms with van der Waals surface area (Å²) >= 11 is 1.46. The van der Waals surface area contributed by atoms with Gasteiger partial charge in [-0.15, -0.1) is 16.4 Å². The van der Waals surface area contributed by atoms with Gasteiger partial charge in [0.25, 0.3) is 5.82 Å². The maximum absolute atomic E-state index is 11.1. The van der Waals surface area contributed by atoms with Gasteiger partial charge in [0.1, 0.15) is 6.33 Å². The van der Waals surface area contributed by atoms with Crippen molar-refractivity contribution in [3.63, 3.8) is 0 Å². The van der Waals surface area contributed by atoms with Crippen molar-refractivity contribution in [1.29, 1.82) is 0 Å². The molecule has 6 nitrogen and oxygen atoms in total. The highest BCUT2D eigenvalue weighted by molar-refractivity contribution is 7.12. The predicted octanol–water partition coefficient (Wildman–Crippen LogP) is 1.07. The minimum Gasteiger partial charge on any atom is -0.463 e. The Morgan fingerprint density at radius 1 is 1.62 bits per heavy atom. The number of aromatic nitrogens is 4. The first-order valence-electron chi connectivity index (χ1n) is 4.69. The second kappa shape index (κ2) is 4.40. The van der Waals surface area contributed by atoms with Crippen molar-refractivity contribution in [2.24, 2.45) is 0 Å². The molecule has 0 aromatic carbocycles. The molecule has 2 aromatic heterocycles. The number of methoxy groups -OCH3 is 1. The highest BCUT2D eigenvalue weighted by Crippen LogP contribution is 2.14. The third-order valence-electron chi connectivity index (χ3n) is 1.96. The smallest absolute Gasteiger partial charge is 0.377 e. The van der Waals surface area contributed by atoms with E-state index < -0.39 is 5.97 Å². The summed E-state index contributed by atoms with van der Waals surface area (Å²) in [5, 5.41) is 6.63. The fourth-order valence-corrected chi connectivity index (χ4v) is 1.93. The summed E-state index contributed by atoms with van der Waals surface area (Å²) in [6.07, 6.45) is 2.32. The molecule has 0 unspecified atom stereocenters. The molecule has 0 aliphatic rings. The summed E-state index contributed by atoms with van der Waals surface area (Å²) in [6, 6.07) is 0. The standard InChI is InChI=1S/C9H10N4O2S/c1-3-6-4-16-9(11-6)13-5-10-7(12-13)8(14)15-2/h4-5H,3H2,1-2H3. The third-order valence-corrected chi connectivity index (χ3v) is 2.84. The Bertz CT molecular complexity index is 505. The first-order valence-corrected chi connectivity index (χ1v) is 5.57. The summed E-state index contributed by atoms with van der Waals surface area (Å²) in [5.41, 5.74) is 0.995. The van der Waals surface area contributed by atoms with Crippen molar-refractivity contribution in [3.8, 4) is 5.13 Å². The fraction of sp³-hybridized carbons (Fsp3) is 0.333. The topological polar surface area (TPSA) is 69.9 Å². The SMILES string of the molecule is CCc1csc(-n2cnc(C(=O)OC)n2)n1. The van der Waals surface area contributed by atoms with Crippen LogP contribution in [-0.4, -0.2) is 32.8 Å². The first-order chi connectivity index (χ1) is 7.74. The number of hydrogen-bond acceptors (Lipinski definition) is 6. The second-order valence-corrected chi connectivity index (χ2v) is 3.82. The number of ether oxygens (including phenoxy) is 1. The van der Waals surface area contributed by atoms with Crippen LogP contribution in [0.4, 0.5) is 0 Å². The molecule has 2 aromatic rings. The van der Waals surface area contributed by atoms with Crippen LogP contribution in [0.5, 0.6) is 0 Å². The molecule has 0 fully saturated rings. The number of esters is 1. The van der Waals surface area contributed by atoms with Gasteiger partial charge in [0.2, 0.25) is 5.13 Å². The minimum atomic E-state index is -0.550. The molecule has 7 heteroatoms. The molecular weight excluding hydrogens is 228 g/mol. The summed E-state index contributed by atoms with van der Waals surface area (Å²) in [7, 11) is 1.29. The van der Waals surface area contributed by atoms with Crippen molar-refractivity contribution in [3.05, 3.63) is 23.2 Å². The first kappa shape index (κ1) is 10.7. The summed E-state index contributed by atoms with van der Waals surface area (Å²) < 4.78 is 5.99. The summed E-state index contributed by atoms with van der Waals surface area (Å²) in [4.78, 5) is 19.3. The van der Waals surface area contributed by atoms with Crippen LogP contribution in [0, 0.1) is 0 Å². The van der Waals surface area contributed by atoms with Crippen LogP contribution in [-0.2, 0) is 11.2 Å². The van der Waals surface area contributed by atoms with Gasteiger partial charge >= 0.3 is 5.97 Å². The number of carbonyl (C=O) groups is 1. The maximum atomic E-state index is 11.1. The van der Waals surface area contributed by atoms with E-state index in [1.54, 1.807) is 0 Å². The van der Waals surface area contributed by atoms with E-state index in [0.29, 0.717) is 5.13 Å².